The molecule has 0 heterocycles. The number of nitrogens with one attached hydrogen (secondary N) is 4. The SMILES string of the molecule is CC(C)(C)NC(=O)OCC(COC(=O)NC(C)(C)C)(COC(=O)NC(C)(C)C)COC(=O)NC(C)(C)C. The number of hydrogen-bond donors (Lipinski definition) is 4. The van der Waals surface area contributed by atoms with Crippen LogP contribution < -0.4 is 21.3 Å². The van der Waals surface area contributed by atoms with Gasteiger partial charge in [-0.3, -0.25) is 0 Å². The fourth-order valence-corrected chi connectivity index (χ4v) is 2.49. The van der Waals surface area contributed by atoms with Gasteiger partial charge in [0.25, 0.3) is 0 Å². The summed E-state index contributed by atoms with van der Waals surface area (Å²) in [6.07, 6.45) is -2.97. The van der Waals surface area contributed by atoms with E-state index in [1.807, 2.05) is 0 Å². The summed E-state index contributed by atoms with van der Waals surface area (Å²) in [4.78, 5) is 49.6. The van der Waals surface area contributed by atoms with Crippen molar-refractivity contribution in [2.24, 2.45) is 5.41 Å². The molecule has 0 spiro atoms. The average molecular weight is 533 g/mol. The maximum atomic E-state index is 12.4. The first-order chi connectivity index (χ1) is 16.4. The minimum absolute atomic E-state index is 0.386. The van der Waals surface area contributed by atoms with E-state index in [0.717, 1.165) is 0 Å². The lowest BCUT2D eigenvalue weighted by atomic mass is 9.92. The van der Waals surface area contributed by atoms with E-state index in [-0.39, 0.29) is 26.4 Å². The summed E-state index contributed by atoms with van der Waals surface area (Å²) in [6, 6.07) is 0. The lowest BCUT2D eigenvalue weighted by Gasteiger charge is -2.33. The van der Waals surface area contributed by atoms with Crippen molar-refractivity contribution < 1.29 is 38.1 Å². The Balaban J connectivity index is 5.90. The number of alkyl carbamates (subject to hydrolysis) is 4. The van der Waals surface area contributed by atoms with Gasteiger partial charge >= 0.3 is 24.4 Å². The summed E-state index contributed by atoms with van der Waals surface area (Å²) < 4.78 is 21.6. The molecule has 37 heavy (non-hydrogen) atoms. The molecule has 12 heteroatoms. The van der Waals surface area contributed by atoms with Gasteiger partial charge < -0.3 is 40.2 Å². The van der Waals surface area contributed by atoms with Crippen molar-refractivity contribution in [3.8, 4) is 0 Å². The van der Waals surface area contributed by atoms with Crippen LogP contribution >= 0.6 is 0 Å². The molecule has 0 aromatic heterocycles. The van der Waals surface area contributed by atoms with E-state index in [9.17, 15) is 19.2 Å². The predicted molar refractivity (Wildman–Crippen MR) is 139 cm³/mol. The summed E-state index contributed by atoms with van der Waals surface area (Å²) in [6.45, 7) is 19.8. The van der Waals surface area contributed by atoms with Crippen molar-refractivity contribution in [2.45, 2.75) is 105 Å². The Kier molecular flexibility index (Phi) is 12.0. The van der Waals surface area contributed by atoms with Gasteiger partial charge in [-0.25, -0.2) is 19.2 Å². The number of hydrogen-bond acceptors (Lipinski definition) is 8. The molecule has 4 N–H and O–H groups in total. The van der Waals surface area contributed by atoms with E-state index in [2.05, 4.69) is 21.3 Å². The zero-order valence-electron chi connectivity index (χ0n) is 24.6. The highest BCUT2D eigenvalue weighted by molar-refractivity contribution is 5.70. The fraction of sp³-hybridized carbons (Fsp3) is 0.840. The monoisotopic (exact) mass is 532 g/mol. The van der Waals surface area contributed by atoms with Crippen LogP contribution in [0.4, 0.5) is 19.2 Å². The van der Waals surface area contributed by atoms with Gasteiger partial charge in [-0.2, -0.15) is 0 Å². The third-order valence-electron chi connectivity index (χ3n) is 3.95. The standard InChI is InChI=1S/C25H48N4O8/c1-21(2,3)26-17(30)34-13-25(14-35-18(31)27-22(4,5)6,15-36-19(32)28-23(7,8)9)16-37-20(33)29-24(10,11)12/h13-16H2,1-12H3,(H,26,30)(H,27,31)(H,28,32)(H,29,33). The number of carbonyl (C=O) groups excluding carboxylic acids is 4. The van der Waals surface area contributed by atoms with Crippen LogP contribution in [0.2, 0.25) is 0 Å². The third-order valence-corrected chi connectivity index (χ3v) is 3.95. The molecule has 0 saturated carbocycles. The molecule has 0 aromatic rings. The zero-order chi connectivity index (χ0) is 29.3. The maximum Gasteiger partial charge on any atom is 0.407 e. The normalized spacial score (nSPS) is 12.6. The number of amides is 4. The predicted octanol–water partition coefficient (Wildman–Crippen LogP) is 4.07. The maximum absolute atomic E-state index is 12.4. The van der Waals surface area contributed by atoms with E-state index in [1.165, 1.54) is 0 Å². The molecule has 0 unspecified atom stereocenters. The van der Waals surface area contributed by atoms with E-state index in [1.54, 1.807) is 83.1 Å². The van der Waals surface area contributed by atoms with Crippen molar-refractivity contribution in [2.75, 3.05) is 26.4 Å². The van der Waals surface area contributed by atoms with Gasteiger partial charge in [-0.15, -0.1) is 0 Å². The van der Waals surface area contributed by atoms with Gasteiger partial charge in [0, 0.05) is 22.2 Å². The quantitative estimate of drug-likeness (QED) is 0.341. The Morgan fingerprint density at radius 1 is 0.405 bits per heavy atom. The molecular formula is C25H48N4O8. The Bertz CT molecular complexity index is 653. The average Bonchev–Trinajstić information content (AvgIpc) is 2.61. The molecule has 0 radical (unpaired) electrons. The van der Waals surface area contributed by atoms with Gasteiger partial charge in [0.2, 0.25) is 0 Å². The fourth-order valence-electron chi connectivity index (χ4n) is 2.49. The van der Waals surface area contributed by atoms with Crippen LogP contribution in [0, 0.1) is 5.41 Å². The largest absolute Gasteiger partial charge is 0.449 e. The zero-order valence-corrected chi connectivity index (χ0v) is 24.6. The number of rotatable bonds is 8. The third kappa shape index (κ3) is 18.9. The van der Waals surface area contributed by atoms with Crippen LogP contribution in [0.1, 0.15) is 83.1 Å². The molecule has 0 aliphatic carbocycles. The Morgan fingerprint density at radius 3 is 0.703 bits per heavy atom. The molecule has 0 saturated heterocycles. The first-order valence-electron chi connectivity index (χ1n) is 12.2. The van der Waals surface area contributed by atoms with Crippen molar-refractivity contribution in [3.05, 3.63) is 0 Å². The molecule has 0 fully saturated rings. The lowest BCUT2D eigenvalue weighted by molar-refractivity contribution is -0.0508. The first-order valence-corrected chi connectivity index (χ1v) is 12.2. The second-order valence-electron chi connectivity index (χ2n) is 13.3. The topological polar surface area (TPSA) is 153 Å². The summed E-state index contributed by atoms with van der Waals surface area (Å²) in [7, 11) is 0. The Hall–Kier alpha value is -2.92. The van der Waals surface area contributed by atoms with Crippen LogP contribution in [0.3, 0.4) is 0 Å². The van der Waals surface area contributed by atoms with Crippen molar-refractivity contribution in [1.82, 2.24) is 21.3 Å². The molecule has 0 bridgehead atoms. The molecule has 0 aliphatic rings. The Labute approximate surface area is 221 Å². The first kappa shape index (κ1) is 34.1. The summed E-state index contributed by atoms with van der Waals surface area (Å²) in [5.74, 6) is 0. The summed E-state index contributed by atoms with van der Waals surface area (Å²) >= 11 is 0. The van der Waals surface area contributed by atoms with Crippen LogP contribution in [0.25, 0.3) is 0 Å². The lowest BCUT2D eigenvalue weighted by Crippen LogP contribution is -2.50. The highest BCUT2D eigenvalue weighted by Gasteiger charge is 2.39. The smallest absolute Gasteiger partial charge is 0.407 e. The molecule has 0 rings (SSSR count). The molecule has 4 amide bonds. The van der Waals surface area contributed by atoms with Crippen LogP contribution in [-0.4, -0.2) is 73.0 Å². The van der Waals surface area contributed by atoms with E-state index in [0.29, 0.717) is 0 Å². The van der Waals surface area contributed by atoms with Gasteiger partial charge in [0.15, 0.2) is 0 Å². The minimum Gasteiger partial charge on any atom is -0.449 e. The van der Waals surface area contributed by atoms with E-state index >= 15 is 0 Å². The second kappa shape index (κ2) is 13.0. The van der Waals surface area contributed by atoms with Crippen LogP contribution in [0.5, 0.6) is 0 Å². The van der Waals surface area contributed by atoms with Crippen LogP contribution in [0.15, 0.2) is 0 Å². The van der Waals surface area contributed by atoms with Crippen molar-refractivity contribution in [1.29, 1.82) is 0 Å². The minimum atomic E-state index is -1.41. The Morgan fingerprint density at radius 2 is 0.568 bits per heavy atom. The van der Waals surface area contributed by atoms with Crippen molar-refractivity contribution in [3.63, 3.8) is 0 Å². The van der Waals surface area contributed by atoms with E-state index in [4.69, 9.17) is 18.9 Å². The summed E-state index contributed by atoms with van der Waals surface area (Å²) in [5.41, 5.74) is -3.71. The molecule has 0 aromatic carbocycles. The number of ether oxygens (including phenoxy) is 4. The van der Waals surface area contributed by atoms with Crippen molar-refractivity contribution >= 4 is 24.4 Å². The molecule has 0 atom stereocenters. The van der Waals surface area contributed by atoms with Gasteiger partial charge in [0.05, 0.1) is 0 Å². The van der Waals surface area contributed by atoms with Gasteiger partial charge in [0.1, 0.15) is 31.8 Å². The second-order valence-corrected chi connectivity index (χ2v) is 13.3. The van der Waals surface area contributed by atoms with E-state index < -0.39 is 51.9 Å². The molecule has 0 aliphatic heterocycles. The summed E-state index contributed by atoms with van der Waals surface area (Å²) in [5, 5.41) is 10.6. The molecule has 216 valence electrons. The van der Waals surface area contributed by atoms with Gasteiger partial charge in [-0.05, 0) is 83.1 Å². The molecular weight excluding hydrogens is 484 g/mol. The highest BCUT2D eigenvalue weighted by Crippen LogP contribution is 2.22. The highest BCUT2D eigenvalue weighted by atomic mass is 16.6. The number of carbonyl (C=O) groups is 4. The van der Waals surface area contributed by atoms with Gasteiger partial charge in [-0.1, -0.05) is 0 Å². The molecule has 12 nitrogen and oxygen atoms in total. The van der Waals surface area contributed by atoms with Crippen LogP contribution in [-0.2, 0) is 18.9 Å².